The molecule has 1 aliphatic carbocycles. The number of rotatable bonds is 6. The van der Waals surface area contributed by atoms with Crippen LogP contribution in [0.15, 0.2) is 6.20 Å². The first-order valence-corrected chi connectivity index (χ1v) is 10.1. The van der Waals surface area contributed by atoms with Crippen molar-refractivity contribution in [3.05, 3.63) is 11.9 Å². The summed E-state index contributed by atoms with van der Waals surface area (Å²) in [6, 6.07) is -0.0000464. The maximum Gasteiger partial charge on any atom is 0.273 e. The van der Waals surface area contributed by atoms with Gasteiger partial charge in [0.05, 0.1) is 12.7 Å². The Bertz CT molecular complexity index is 666. The summed E-state index contributed by atoms with van der Waals surface area (Å²) in [5.41, 5.74) is 0.348. The van der Waals surface area contributed by atoms with E-state index in [0.717, 1.165) is 71.5 Å². The fraction of sp³-hybridized carbons (Fsp3) is 0.778. The molecule has 0 bridgehead atoms. The van der Waals surface area contributed by atoms with Crippen LogP contribution in [0.3, 0.4) is 0 Å². The van der Waals surface area contributed by atoms with Crippen LogP contribution >= 0.6 is 0 Å². The number of amides is 2. The number of likely N-dealkylation sites (tertiary alicyclic amines) is 1. The Morgan fingerprint density at radius 3 is 2.74 bits per heavy atom. The Kier molecular flexibility index (Phi) is 5.68. The molecule has 2 amide bonds. The van der Waals surface area contributed by atoms with Crippen molar-refractivity contribution in [1.82, 2.24) is 35.4 Å². The minimum atomic E-state index is -0.200. The Labute approximate surface area is 159 Å². The molecule has 1 atom stereocenters. The van der Waals surface area contributed by atoms with Crippen molar-refractivity contribution in [3.63, 3.8) is 0 Å². The standard InChI is InChI=1S/C18H29N7O2/c26-17(20-15-2-1-7-24(12-15)18(27)14-3-4-14)16-13-25(22-21-16)11-10-23-8-5-19-6-9-23/h13-15,19H,1-12H2,(H,20,26). The number of piperazine rings is 1. The van der Waals surface area contributed by atoms with Gasteiger partial charge in [0.2, 0.25) is 5.91 Å². The molecule has 1 aromatic rings. The zero-order valence-electron chi connectivity index (χ0n) is 15.8. The topological polar surface area (TPSA) is 95.4 Å². The van der Waals surface area contributed by atoms with Crippen LogP contribution in [0, 0.1) is 5.92 Å². The summed E-state index contributed by atoms with van der Waals surface area (Å²) in [5.74, 6) is 0.289. The fourth-order valence-corrected chi connectivity index (χ4v) is 3.83. The monoisotopic (exact) mass is 375 g/mol. The molecule has 3 aliphatic rings. The summed E-state index contributed by atoms with van der Waals surface area (Å²) < 4.78 is 1.74. The summed E-state index contributed by atoms with van der Waals surface area (Å²) >= 11 is 0. The molecule has 2 aliphatic heterocycles. The molecule has 148 valence electrons. The molecule has 3 fully saturated rings. The molecule has 4 rings (SSSR count). The van der Waals surface area contributed by atoms with E-state index in [0.29, 0.717) is 12.2 Å². The highest BCUT2D eigenvalue weighted by atomic mass is 16.2. The highest BCUT2D eigenvalue weighted by Gasteiger charge is 2.35. The van der Waals surface area contributed by atoms with Crippen LogP contribution in [-0.2, 0) is 11.3 Å². The number of aromatic nitrogens is 3. The van der Waals surface area contributed by atoms with Gasteiger partial charge in [0.25, 0.3) is 5.91 Å². The van der Waals surface area contributed by atoms with Crippen LogP contribution in [0.1, 0.15) is 36.2 Å². The molecular weight excluding hydrogens is 346 g/mol. The van der Waals surface area contributed by atoms with Crippen molar-refractivity contribution in [3.8, 4) is 0 Å². The fourth-order valence-electron chi connectivity index (χ4n) is 3.83. The Balaban J connectivity index is 1.25. The minimum Gasteiger partial charge on any atom is -0.346 e. The second-order valence-electron chi connectivity index (χ2n) is 7.83. The predicted molar refractivity (Wildman–Crippen MR) is 99.1 cm³/mol. The maximum atomic E-state index is 12.5. The van der Waals surface area contributed by atoms with Crippen molar-refractivity contribution in [2.24, 2.45) is 5.92 Å². The van der Waals surface area contributed by atoms with Gasteiger partial charge in [-0.25, -0.2) is 0 Å². The van der Waals surface area contributed by atoms with Crippen molar-refractivity contribution in [1.29, 1.82) is 0 Å². The zero-order chi connectivity index (χ0) is 18.6. The summed E-state index contributed by atoms with van der Waals surface area (Å²) in [4.78, 5) is 29.0. The van der Waals surface area contributed by atoms with E-state index in [-0.39, 0.29) is 23.8 Å². The average molecular weight is 375 g/mol. The Hall–Kier alpha value is -2.00. The lowest BCUT2D eigenvalue weighted by Gasteiger charge is -2.33. The molecule has 0 spiro atoms. The lowest BCUT2D eigenvalue weighted by Crippen LogP contribution is -2.50. The quantitative estimate of drug-likeness (QED) is 0.684. The van der Waals surface area contributed by atoms with Crippen LogP contribution < -0.4 is 10.6 Å². The van der Waals surface area contributed by atoms with Gasteiger partial charge in [-0.15, -0.1) is 5.10 Å². The van der Waals surface area contributed by atoms with Crippen LogP contribution in [0.5, 0.6) is 0 Å². The third kappa shape index (κ3) is 4.84. The number of hydrogen-bond donors (Lipinski definition) is 2. The Morgan fingerprint density at radius 1 is 1.15 bits per heavy atom. The minimum absolute atomic E-state index is 0.0000464. The van der Waals surface area contributed by atoms with E-state index in [4.69, 9.17) is 0 Å². The second-order valence-corrected chi connectivity index (χ2v) is 7.83. The number of carbonyl (C=O) groups excluding carboxylic acids is 2. The van der Waals surface area contributed by atoms with Crippen molar-refractivity contribution >= 4 is 11.8 Å². The largest absolute Gasteiger partial charge is 0.346 e. The van der Waals surface area contributed by atoms with Crippen molar-refractivity contribution in [2.75, 3.05) is 45.8 Å². The highest BCUT2D eigenvalue weighted by molar-refractivity contribution is 5.92. The molecule has 3 heterocycles. The molecule has 9 nitrogen and oxygen atoms in total. The van der Waals surface area contributed by atoms with Crippen LogP contribution in [0.2, 0.25) is 0 Å². The molecule has 0 aromatic carbocycles. The molecule has 1 saturated carbocycles. The molecule has 9 heteroatoms. The van der Waals surface area contributed by atoms with Gasteiger partial charge >= 0.3 is 0 Å². The first-order chi connectivity index (χ1) is 13.2. The van der Waals surface area contributed by atoms with Gasteiger partial charge in [-0.1, -0.05) is 5.21 Å². The summed E-state index contributed by atoms with van der Waals surface area (Å²) in [5, 5.41) is 14.5. The third-order valence-corrected chi connectivity index (χ3v) is 5.62. The molecule has 1 unspecified atom stereocenters. The lowest BCUT2D eigenvalue weighted by atomic mass is 10.0. The normalized spacial score (nSPS) is 24.0. The van der Waals surface area contributed by atoms with E-state index in [2.05, 4.69) is 25.8 Å². The van der Waals surface area contributed by atoms with E-state index in [9.17, 15) is 9.59 Å². The predicted octanol–water partition coefficient (Wildman–Crippen LogP) is -0.686. The lowest BCUT2D eigenvalue weighted by molar-refractivity contribution is -0.133. The number of nitrogens with one attached hydrogen (secondary N) is 2. The van der Waals surface area contributed by atoms with E-state index in [1.807, 2.05) is 4.90 Å². The summed E-state index contributed by atoms with van der Waals surface area (Å²) in [6.07, 6.45) is 5.58. The highest BCUT2D eigenvalue weighted by Crippen LogP contribution is 2.31. The van der Waals surface area contributed by atoms with E-state index in [1.165, 1.54) is 0 Å². The van der Waals surface area contributed by atoms with Gasteiger partial charge in [0.15, 0.2) is 5.69 Å². The first kappa shape index (κ1) is 18.4. The number of carbonyl (C=O) groups is 2. The van der Waals surface area contributed by atoms with Crippen molar-refractivity contribution < 1.29 is 9.59 Å². The molecule has 2 N–H and O–H groups in total. The number of hydrogen-bond acceptors (Lipinski definition) is 6. The van der Waals surface area contributed by atoms with Gasteiger partial charge in [-0.3, -0.25) is 19.2 Å². The summed E-state index contributed by atoms with van der Waals surface area (Å²) in [6.45, 7) is 7.18. The second kappa shape index (κ2) is 8.35. The van der Waals surface area contributed by atoms with Crippen LogP contribution in [0.4, 0.5) is 0 Å². The molecular formula is C18H29N7O2. The smallest absolute Gasteiger partial charge is 0.273 e. The SMILES string of the molecule is O=C(NC1CCCN(C(=O)C2CC2)C1)c1cn(CCN2CCNCC2)nn1. The van der Waals surface area contributed by atoms with E-state index >= 15 is 0 Å². The van der Waals surface area contributed by atoms with Crippen LogP contribution in [0.25, 0.3) is 0 Å². The van der Waals surface area contributed by atoms with Gasteiger partial charge < -0.3 is 15.5 Å². The first-order valence-electron chi connectivity index (χ1n) is 10.1. The number of piperidine rings is 1. The molecule has 1 aromatic heterocycles. The molecule has 0 radical (unpaired) electrons. The average Bonchev–Trinajstić information content (AvgIpc) is 3.44. The van der Waals surface area contributed by atoms with Gasteiger partial charge in [0, 0.05) is 57.8 Å². The van der Waals surface area contributed by atoms with Gasteiger partial charge in [-0.05, 0) is 25.7 Å². The summed E-state index contributed by atoms with van der Waals surface area (Å²) in [7, 11) is 0. The number of nitrogens with zero attached hydrogens (tertiary/aromatic N) is 5. The third-order valence-electron chi connectivity index (χ3n) is 5.62. The molecule has 2 saturated heterocycles. The Morgan fingerprint density at radius 2 is 1.96 bits per heavy atom. The molecule has 27 heavy (non-hydrogen) atoms. The van der Waals surface area contributed by atoms with Gasteiger partial charge in [0.1, 0.15) is 0 Å². The maximum absolute atomic E-state index is 12.5. The van der Waals surface area contributed by atoms with Crippen LogP contribution in [-0.4, -0.2) is 88.5 Å². The van der Waals surface area contributed by atoms with E-state index in [1.54, 1.807) is 10.9 Å². The zero-order valence-corrected chi connectivity index (χ0v) is 15.8. The van der Waals surface area contributed by atoms with E-state index < -0.39 is 0 Å². The van der Waals surface area contributed by atoms with Gasteiger partial charge in [-0.2, -0.15) is 0 Å². The van der Waals surface area contributed by atoms with Crippen molar-refractivity contribution in [2.45, 2.75) is 38.3 Å².